The summed E-state index contributed by atoms with van der Waals surface area (Å²) in [5.74, 6) is 2.35. The van der Waals surface area contributed by atoms with Gasteiger partial charge in [-0.15, -0.1) is 0 Å². The van der Waals surface area contributed by atoms with Crippen molar-refractivity contribution in [1.82, 2.24) is 14.9 Å². The Balaban J connectivity index is 1.40. The number of methoxy groups -OCH3 is 1. The van der Waals surface area contributed by atoms with E-state index in [0.717, 1.165) is 53.5 Å². The number of rotatable bonds is 10. The van der Waals surface area contributed by atoms with Gasteiger partial charge in [-0.2, -0.15) is 0 Å². The number of ether oxygens (including phenoxy) is 3. The zero-order valence-corrected chi connectivity index (χ0v) is 21.7. The summed E-state index contributed by atoms with van der Waals surface area (Å²) in [6, 6.07) is 11.8. The molecule has 35 heavy (non-hydrogen) atoms. The van der Waals surface area contributed by atoms with E-state index in [1.165, 1.54) is 0 Å². The maximum Gasteiger partial charge on any atom is 0.307 e. The fourth-order valence-corrected chi connectivity index (χ4v) is 4.61. The lowest BCUT2D eigenvalue weighted by atomic mass is 9.97. The van der Waals surface area contributed by atoms with Crippen molar-refractivity contribution in [1.29, 1.82) is 0 Å². The smallest absolute Gasteiger partial charge is 0.307 e. The number of fused-ring (bicyclic) bond motifs is 1. The molecule has 3 aromatic rings. The van der Waals surface area contributed by atoms with Crippen LogP contribution in [-0.4, -0.2) is 60.8 Å². The van der Waals surface area contributed by atoms with Crippen LogP contribution in [0, 0.1) is 5.92 Å². The van der Waals surface area contributed by atoms with Gasteiger partial charge in [0.1, 0.15) is 12.1 Å². The maximum atomic E-state index is 11.6. The highest BCUT2D eigenvalue weighted by Crippen LogP contribution is 2.35. The van der Waals surface area contributed by atoms with Crippen molar-refractivity contribution < 1.29 is 19.0 Å². The van der Waals surface area contributed by atoms with Crippen LogP contribution in [0.4, 0.5) is 11.5 Å². The minimum Gasteiger partial charge on any atom is -0.493 e. The van der Waals surface area contributed by atoms with Crippen LogP contribution in [0.15, 0.2) is 47.2 Å². The molecule has 9 heteroatoms. The number of esters is 1. The maximum absolute atomic E-state index is 11.6. The SMILES string of the molecule is CCOC(=O)CCN1CCC(COc2cc3c(Nc4cccc(Br)c4)ncnc3cc2OC)CC1. The number of anilines is 2. The highest BCUT2D eigenvalue weighted by molar-refractivity contribution is 9.10. The van der Waals surface area contributed by atoms with Gasteiger partial charge in [-0.3, -0.25) is 4.79 Å². The molecule has 1 aliphatic rings. The minimum absolute atomic E-state index is 0.126. The molecule has 0 bridgehead atoms. The second kappa shape index (κ2) is 12.2. The molecular weight excluding hydrogens is 512 g/mol. The molecule has 0 spiro atoms. The van der Waals surface area contributed by atoms with Crippen molar-refractivity contribution in [2.45, 2.75) is 26.2 Å². The molecule has 1 fully saturated rings. The first-order chi connectivity index (χ1) is 17.1. The topological polar surface area (TPSA) is 85.8 Å². The van der Waals surface area contributed by atoms with E-state index in [-0.39, 0.29) is 5.97 Å². The Hall–Kier alpha value is -2.91. The molecular formula is C26H31BrN4O4. The Bertz CT molecular complexity index is 1150. The number of nitrogens with one attached hydrogen (secondary N) is 1. The number of nitrogens with zero attached hydrogens (tertiary/aromatic N) is 3. The van der Waals surface area contributed by atoms with Gasteiger partial charge in [0.25, 0.3) is 0 Å². The van der Waals surface area contributed by atoms with Crippen molar-refractivity contribution in [3.8, 4) is 11.5 Å². The minimum atomic E-state index is -0.126. The average Bonchev–Trinajstić information content (AvgIpc) is 2.87. The number of hydrogen-bond donors (Lipinski definition) is 1. The van der Waals surface area contributed by atoms with E-state index in [0.29, 0.717) is 42.9 Å². The second-order valence-electron chi connectivity index (χ2n) is 8.53. The van der Waals surface area contributed by atoms with Crippen LogP contribution < -0.4 is 14.8 Å². The van der Waals surface area contributed by atoms with E-state index in [1.807, 2.05) is 43.3 Å². The summed E-state index contributed by atoms with van der Waals surface area (Å²) in [5.41, 5.74) is 1.70. The van der Waals surface area contributed by atoms with E-state index in [4.69, 9.17) is 14.2 Å². The molecule has 1 aromatic heterocycles. The highest BCUT2D eigenvalue weighted by Gasteiger charge is 2.21. The first-order valence-corrected chi connectivity index (χ1v) is 12.7. The molecule has 0 saturated carbocycles. The van der Waals surface area contributed by atoms with Gasteiger partial charge in [0.15, 0.2) is 11.5 Å². The van der Waals surface area contributed by atoms with E-state index >= 15 is 0 Å². The third kappa shape index (κ3) is 6.82. The number of halogens is 1. The van der Waals surface area contributed by atoms with Crippen molar-refractivity contribution >= 4 is 44.3 Å². The summed E-state index contributed by atoms with van der Waals surface area (Å²) in [4.78, 5) is 22.8. The second-order valence-corrected chi connectivity index (χ2v) is 9.44. The zero-order chi connectivity index (χ0) is 24.6. The monoisotopic (exact) mass is 542 g/mol. The Morgan fingerprint density at radius 1 is 1.17 bits per heavy atom. The molecule has 0 unspecified atom stereocenters. The fraction of sp³-hybridized carbons (Fsp3) is 0.423. The average molecular weight is 543 g/mol. The van der Waals surface area contributed by atoms with Crippen molar-refractivity contribution in [2.24, 2.45) is 5.92 Å². The summed E-state index contributed by atoms with van der Waals surface area (Å²) in [5, 5.41) is 4.23. The summed E-state index contributed by atoms with van der Waals surface area (Å²) in [6.07, 6.45) is 4.04. The number of carbonyl (C=O) groups excluding carboxylic acids is 1. The lowest BCUT2D eigenvalue weighted by Gasteiger charge is -2.31. The van der Waals surface area contributed by atoms with Gasteiger partial charge in [0, 0.05) is 28.2 Å². The van der Waals surface area contributed by atoms with Crippen LogP contribution in [0.1, 0.15) is 26.2 Å². The molecule has 0 radical (unpaired) electrons. The lowest BCUT2D eigenvalue weighted by Crippen LogP contribution is -2.36. The van der Waals surface area contributed by atoms with Crippen molar-refractivity contribution in [3.05, 3.63) is 47.2 Å². The van der Waals surface area contributed by atoms with Gasteiger partial charge in [-0.1, -0.05) is 22.0 Å². The van der Waals surface area contributed by atoms with Crippen molar-refractivity contribution in [2.75, 3.05) is 45.3 Å². The van der Waals surface area contributed by atoms with Gasteiger partial charge in [0.2, 0.25) is 0 Å². The number of carbonyl (C=O) groups is 1. The molecule has 2 heterocycles. The van der Waals surface area contributed by atoms with E-state index in [1.54, 1.807) is 13.4 Å². The Labute approximate surface area is 214 Å². The summed E-state index contributed by atoms with van der Waals surface area (Å²) < 4.78 is 17.9. The number of aromatic nitrogens is 2. The van der Waals surface area contributed by atoms with Crippen LogP contribution in [0.2, 0.25) is 0 Å². The molecule has 2 aromatic carbocycles. The normalized spacial score (nSPS) is 14.6. The Morgan fingerprint density at radius 3 is 2.74 bits per heavy atom. The zero-order valence-electron chi connectivity index (χ0n) is 20.1. The van der Waals surface area contributed by atoms with E-state index in [9.17, 15) is 4.79 Å². The summed E-state index contributed by atoms with van der Waals surface area (Å²) >= 11 is 3.51. The molecule has 4 rings (SSSR count). The molecule has 186 valence electrons. The standard InChI is InChI=1S/C26H31BrN4O4/c1-3-34-25(32)9-12-31-10-7-18(8-11-31)16-35-24-14-21-22(15-23(24)33-2)28-17-29-26(21)30-20-6-4-5-19(27)13-20/h4-6,13-15,17-18H,3,7-12,16H2,1-2H3,(H,28,29,30). The van der Waals surface area contributed by atoms with Crippen LogP contribution in [0.3, 0.4) is 0 Å². The van der Waals surface area contributed by atoms with Gasteiger partial charge >= 0.3 is 5.97 Å². The summed E-state index contributed by atoms with van der Waals surface area (Å²) in [7, 11) is 1.64. The molecule has 0 atom stereocenters. The van der Waals surface area contributed by atoms with Gasteiger partial charge < -0.3 is 24.4 Å². The van der Waals surface area contributed by atoms with Crippen molar-refractivity contribution in [3.63, 3.8) is 0 Å². The number of hydrogen-bond acceptors (Lipinski definition) is 8. The van der Waals surface area contributed by atoms with Crippen LogP contribution in [0.25, 0.3) is 10.9 Å². The highest BCUT2D eigenvalue weighted by atomic mass is 79.9. The van der Waals surface area contributed by atoms with Gasteiger partial charge in [-0.05, 0) is 63.0 Å². The third-order valence-electron chi connectivity index (χ3n) is 6.13. The number of benzene rings is 2. The summed E-state index contributed by atoms with van der Waals surface area (Å²) in [6.45, 7) is 5.53. The van der Waals surface area contributed by atoms with Crippen LogP contribution in [-0.2, 0) is 9.53 Å². The molecule has 8 nitrogen and oxygen atoms in total. The third-order valence-corrected chi connectivity index (χ3v) is 6.62. The van der Waals surface area contributed by atoms with Crippen LogP contribution >= 0.6 is 15.9 Å². The first kappa shape index (κ1) is 25.2. The fourth-order valence-electron chi connectivity index (χ4n) is 4.21. The lowest BCUT2D eigenvalue weighted by molar-refractivity contribution is -0.143. The molecule has 0 amide bonds. The van der Waals surface area contributed by atoms with Crippen LogP contribution in [0.5, 0.6) is 11.5 Å². The van der Waals surface area contributed by atoms with E-state index < -0.39 is 0 Å². The quantitative estimate of drug-likeness (QED) is 0.350. The molecule has 1 aliphatic heterocycles. The number of piperidine rings is 1. The largest absolute Gasteiger partial charge is 0.493 e. The van der Waals surface area contributed by atoms with E-state index in [2.05, 4.69) is 36.1 Å². The predicted molar refractivity (Wildman–Crippen MR) is 139 cm³/mol. The molecule has 1 N–H and O–H groups in total. The molecule has 0 aliphatic carbocycles. The Morgan fingerprint density at radius 2 is 2.00 bits per heavy atom. The molecule has 1 saturated heterocycles. The predicted octanol–water partition coefficient (Wildman–Crippen LogP) is 5.19. The van der Waals surface area contributed by atoms with Gasteiger partial charge in [0.05, 0.1) is 32.3 Å². The number of likely N-dealkylation sites (tertiary alicyclic amines) is 1. The Kier molecular flexibility index (Phi) is 8.76. The van der Waals surface area contributed by atoms with Gasteiger partial charge in [-0.25, -0.2) is 9.97 Å². The first-order valence-electron chi connectivity index (χ1n) is 11.9.